The number of imidazole rings is 1. The summed E-state index contributed by atoms with van der Waals surface area (Å²) in [6.45, 7) is 4.32. The highest BCUT2D eigenvalue weighted by molar-refractivity contribution is 5.80. The summed E-state index contributed by atoms with van der Waals surface area (Å²) in [7, 11) is 0. The van der Waals surface area contributed by atoms with Crippen LogP contribution in [0.3, 0.4) is 0 Å². The molecule has 158 valence electrons. The summed E-state index contributed by atoms with van der Waals surface area (Å²) in [6, 6.07) is 8.19. The van der Waals surface area contributed by atoms with Crippen LogP contribution in [0.25, 0.3) is 16.6 Å². The Morgan fingerprint density at radius 3 is 2.68 bits per heavy atom. The van der Waals surface area contributed by atoms with E-state index in [4.69, 9.17) is 5.10 Å². The number of carbonyl (C=O) groups is 1. The monoisotopic (exact) mass is 422 g/mol. The van der Waals surface area contributed by atoms with E-state index in [0.29, 0.717) is 37.5 Å². The molecule has 1 aromatic carbocycles. The maximum absolute atomic E-state index is 15.2. The highest BCUT2D eigenvalue weighted by atomic mass is 19.1. The van der Waals surface area contributed by atoms with Gasteiger partial charge in [-0.15, -0.1) is 5.10 Å². The zero-order chi connectivity index (χ0) is 21.5. The van der Waals surface area contributed by atoms with E-state index in [1.54, 1.807) is 34.7 Å². The van der Waals surface area contributed by atoms with Crippen LogP contribution in [-0.2, 0) is 4.79 Å². The van der Waals surface area contributed by atoms with Crippen molar-refractivity contribution in [1.82, 2.24) is 24.5 Å². The summed E-state index contributed by atoms with van der Waals surface area (Å²) in [5.41, 5.74) is 1.43. The first-order valence-corrected chi connectivity index (χ1v) is 10.1. The van der Waals surface area contributed by atoms with E-state index in [9.17, 15) is 9.18 Å². The lowest BCUT2D eigenvalue weighted by Gasteiger charge is -2.33. The number of hydrogen-bond acceptors (Lipinski definition) is 5. The number of piperazine rings is 1. The highest BCUT2D eigenvalue weighted by Crippen LogP contribution is 2.33. The summed E-state index contributed by atoms with van der Waals surface area (Å²) in [5.74, 6) is -1.15. The fourth-order valence-corrected chi connectivity index (χ4v) is 4.11. The van der Waals surface area contributed by atoms with Gasteiger partial charge in [0.05, 0.1) is 17.4 Å². The van der Waals surface area contributed by atoms with Crippen LogP contribution < -0.4 is 4.90 Å². The predicted octanol–water partition coefficient (Wildman–Crippen LogP) is 2.99. The molecule has 4 heterocycles. The molecule has 1 unspecified atom stereocenters. The topological polar surface area (TPSA) is 66.6 Å². The second kappa shape index (κ2) is 7.57. The van der Waals surface area contributed by atoms with E-state index in [0.717, 1.165) is 12.2 Å². The molecule has 1 aliphatic rings. The normalized spacial score (nSPS) is 15.6. The molecular formula is C22H20F2N6O. The van der Waals surface area contributed by atoms with Gasteiger partial charge in [0.2, 0.25) is 6.41 Å². The minimum absolute atomic E-state index is 0.0332. The molecular weight excluding hydrogens is 402 g/mol. The SMILES string of the molecule is CC(c1c(F)cc2ncccc2c1F)c1cnc2ccc(N3CCN(C=O)CC3)nn12. The second-order valence-corrected chi connectivity index (χ2v) is 7.65. The molecule has 0 radical (unpaired) electrons. The van der Waals surface area contributed by atoms with Crippen LogP contribution in [0.5, 0.6) is 0 Å². The molecule has 1 atom stereocenters. The van der Waals surface area contributed by atoms with Crippen LogP contribution in [0.2, 0.25) is 0 Å². The van der Waals surface area contributed by atoms with Crippen LogP contribution in [0, 0.1) is 11.6 Å². The van der Waals surface area contributed by atoms with Gasteiger partial charge in [-0.1, -0.05) is 6.92 Å². The number of carbonyl (C=O) groups excluding carboxylic acids is 1. The first kappa shape index (κ1) is 19.3. The summed E-state index contributed by atoms with van der Waals surface area (Å²) in [5, 5.41) is 4.97. The Morgan fingerprint density at radius 2 is 1.90 bits per heavy atom. The van der Waals surface area contributed by atoms with Crippen molar-refractivity contribution in [3.8, 4) is 0 Å². The molecule has 0 aliphatic carbocycles. The number of pyridine rings is 1. The summed E-state index contributed by atoms with van der Waals surface area (Å²) < 4.78 is 31.8. The molecule has 0 N–H and O–H groups in total. The van der Waals surface area contributed by atoms with Gasteiger partial charge < -0.3 is 9.80 Å². The smallest absolute Gasteiger partial charge is 0.209 e. The lowest BCUT2D eigenvalue weighted by molar-refractivity contribution is -0.118. The van der Waals surface area contributed by atoms with Gasteiger partial charge in [0.25, 0.3) is 0 Å². The van der Waals surface area contributed by atoms with Gasteiger partial charge in [0.1, 0.15) is 17.5 Å². The molecule has 31 heavy (non-hydrogen) atoms. The molecule has 0 spiro atoms. The summed E-state index contributed by atoms with van der Waals surface area (Å²) >= 11 is 0. The van der Waals surface area contributed by atoms with Crippen LogP contribution in [0.4, 0.5) is 14.6 Å². The van der Waals surface area contributed by atoms with E-state index < -0.39 is 17.6 Å². The van der Waals surface area contributed by atoms with Crippen LogP contribution in [0.15, 0.2) is 42.7 Å². The number of amides is 1. The molecule has 9 heteroatoms. The van der Waals surface area contributed by atoms with E-state index in [1.165, 1.54) is 12.3 Å². The fourth-order valence-electron chi connectivity index (χ4n) is 4.11. The lowest BCUT2D eigenvalue weighted by Crippen LogP contribution is -2.46. The maximum atomic E-state index is 15.2. The molecule has 3 aromatic heterocycles. The highest BCUT2D eigenvalue weighted by Gasteiger charge is 2.25. The second-order valence-electron chi connectivity index (χ2n) is 7.65. The minimum atomic E-state index is -0.646. The van der Waals surface area contributed by atoms with Crippen molar-refractivity contribution in [2.24, 2.45) is 0 Å². The quantitative estimate of drug-likeness (QED) is 0.473. The van der Waals surface area contributed by atoms with E-state index in [2.05, 4.69) is 14.9 Å². The van der Waals surface area contributed by atoms with Gasteiger partial charge in [-0.25, -0.2) is 18.3 Å². The first-order valence-electron chi connectivity index (χ1n) is 10.1. The van der Waals surface area contributed by atoms with Gasteiger partial charge in [-0.05, 0) is 24.3 Å². The summed E-state index contributed by atoms with van der Waals surface area (Å²) in [6.07, 6.45) is 3.97. The largest absolute Gasteiger partial charge is 0.352 e. The van der Waals surface area contributed by atoms with Crippen molar-refractivity contribution in [3.05, 3.63) is 65.6 Å². The number of hydrogen-bond donors (Lipinski definition) is 0. The number of fused-ring (bicyclic) bond motifs is 2. The molecule has 1 aliphatic heterocycles. The Morgan fingerprint density at radius 1 is 1.10 bits per heavy atom. The van der Waals surface area contributed by atoms with Gasteiger partial charge in [0, 0.05) is 55.3 Å². The van der Waals surface area contributed by atoms with Gasteiger partial charge >= 0.3 is 0 Å². The van der Waals surface area contributed by atoms with Crippen LogP contribution >= 0.6 is 0 Å². The number of halogens is 2. The van der Waals surface area contributed by atoms with E-state index >= 15 is 4.39 Å². The van der Waals surface area contributed by atoms with Crippen molar-refractivity contribution in [2.75, 3.05) is 31.1 Å². The number of nitrogens with zero attached hydrogens (tertiary/aromatic N) is 6. The molecule has 5 rings (SSSR count). The standard InChI is InChI=1S/C22H20F2N6O/c1-14(21-16(23)11-17-15(22(21)24)3-2-6-25-17)18-12-26-19-4-5-20(27-30(18)19)29-9-7-28(13-31)8-10-29/h2-6,11-14H,7-10H2,1H3. The Balaban J connectivity index is 1.55. The van der Waals surface area contributed by atoms with Crippen molar-refractivity contribution < 1.29 is 13.6 Å². The van der Waals surface area contributed by atoms with Gasteiger partial charge in [0.15, 0.2) is 5.65 Å². The Kier molecular flexibility index (Phi) is 4.72. The maximum Gasteiger partial charge on any atom is 0.209 e. The molecule has 7 nitrogen and oxygen atoms in total. The third-order valence-corrected chi connectivity index (χ3v) is 5.87. The van der Waals surface area contributed by atoms with Gasteiger partial charge in [-0.3, -0.25) is 9.78 Å². The van der Waals surface area contributed by atoms with E-state index in [1.807, 2.05) is 12.1 Å². The lowest BCUT2D eigenvalue weighted by atomic mass is 9.95. The Bertz CT molecular complexity index is 1280. The average molecular weight is 422 g/mol. The van der Waals surface area contributed by atoms with Crippen molar-refractivity contribution in [2.45, 2.75) is 12.8 Å². The minimum Gasteiger partial charge on any atom is -0.352 e. The molecule has 0 bridgehead atoms. The Hall–Kier alpha value is -3.62. The molecule has 1 amide bonds. The number of aromatic nitrogens is 4. The zero-order valence-corrected chi connectivity index (χ0v) is 16.9. The number of benzene rings is 1. The third-order valence-electron chi connectivity index (χ3n) is 5.87. The first-order chi connectivity index (χ1) is 15.1. The zero-order valence-electron chi connectivity index (χ0n) is 16.9. The van der Waals surface area contributed by atoms with Crippen molar-refractivity contribution in [3.63, 3.8) is 0 Å². The summed E-state index contributed by atoms with van der Waals surface area (Å²) in [4.78, 5) is 23.2. The molecule has 4 aromatic rings. The Labute approximate surface area is 176 Å². The van der Waals surface area contributed by atoms with E-state index in [-0.39, 0.29) is 16.5 Å². The fraction of sp³-hybridized carbons (Fsp3) is 0.273. The third kappa shape index (κ3) is 3.26. The van der Waals surface area contributed by atoms with Crippen molar-refractivity contribution >= 4 is 28.8 Å². The molecule has 1 saturated heterocycles. The van der Waals surface area contributed by atoms with Gasteiger partial charge in [-0.2, -0.15) is 0 Å². The van der Waals surface area contributed by atoms with Crippen LogP contribution in [-0.4, -0.2) is 57.1 Å². The number of rotatable bonds is 4. The number of anilines is 1. The molecule has 0 saturated carbocycles. The van der Waals surface area contributed by atoms with Crippen LogP contribution in [0.1, 0.15) is 24.1 Å². The predicted molar refractivity (Wildman–Crippen MR) is 112 cm³/mol. The molecule has 1 fully saturated rings. The average Bonchev–Trinajstić information content (AvgIpc) is 3.22. The van der Waals surface area contributed by atoms with Crippen molar-refractivity contribution in [1.29, 1.82) is 0 Å².